The predicted octanol–water partition coefficient (Wildman–Crippen LogP) is 1.30. The number of benzene rings is 2. The summed E-state index contributed by atoms with van der Waals surface area (Å²) in [5.41, 5.74) is 7.52. The second-order valence-corrected chi connectivity index (χ2v) is 10.3. The van der Waals surface area contributed by atoms with Crippen molar-refractivity contribution in [1.29, 1.82) is 0 Å². The average molecular weight is 555 g/mol. The van der Waals surface area contributed by atoms with Gasteiger partial charge in [0.2, 0.25) is 17.7 Å². The summed E-state index contributed by atoms with van der Waals surface area (Å²) < 4.78 is 0. The molecule has 0 bridgehead atoms. The Hall–Kier alpha value is -4.12. The molecule has 11 heteroatoms. The molecule has 1 heterocycles. The first kappa shape index (κ1) is 30.4. The molecule has 3 rings (SSSR count). The fourth-order valence-electron chi connectivity index (χ4n) is 4.74. The summed E-state index contributed by atoms with van der Waals surface area (Å²) in [4.78, 5) is 53.1. The molecule has 5 unspecified atom stereocenters. The number of nitrogens with zero attached hydrogens (tertiary/aromatic N) is 1. The zero-order chi connectivity index (χ0) is 29.4. The summed E-state index contributed by atoms with van der Waals surface area (Å²) in [5.74, 6) is -2.90. The first-order chi connectivity index (χ1) is 19.0. The number of phenols is 2. The Morgan fingerprint density at radius 3 is 2.00 bits per heavy atom. The van der Waals surface area contributed by atoms with Crippen LogP contribution in [-0.2, 0) is 32.0 Å². The number of rotatable bonds is 12. The number of phenolic OH excluding ortho intramolecular Hbond substituents is 2. The van der Waals surface area contributed by atoms with Crippen molar-refractivity contribution in [2.75, 3.05) is 6.54 Å². The normalized spacial score (nSPS) is 17.9. The fraction of sp³-hybridized carbons (Fsp3) is 0.448. The zero-order valence-electron chi connectivity index (χ0n) is 22.7. The Balaban J connectivity index is 1.80. The highest BCUT2D eigenvalue weighted by Gasteiger charge is 2.40. The molecule has 1 aliphatic heterocycles. The number of hydrogen-bond donors (Lipinski definition) is 6. The molecule has 0 aliphatic carbocycles. The van der Waals surface area contributed by atoms with Gasteiger partial charge in [-0.2, -0.15) is 0 Å². The third-order valence-electron chi connectivity index (χ3n) is 7.34. The van der Waals surface area contributed by atoms with E-state index < -0.39 is 47.9 Å². The van der Waals surface area contributed by atoms with Crippen LogP contribution in [0.15, 0.2) is 48.5 Å². The first-order valence-corrected chi connectivity index (χ1v) is 13.5. The molecule has 0 saturated carbocycles. The minimum atomic E-state index is -1.10. The molecule has 7 N–H and O–H groups in total. The third-order valence-corrected chi connectivity index (χ3v) is 7.34. The number of carbonyl (C=O) groups is 4. The molecule has 1 fully saturated rings. The van der Waals surface area contributed by atoms with Gasteiger partial charge >= 0.3 is 5.97 Å². The Kier molecular flexibility index (Phi) is 10.5. The lowest BCUT2D eigenvalue weighted by molar-refractivity contribution is -0.150. The molecule has 1 aliphatic rings. The highest BCUT2D eigenvalue weighted by atomic mass is 16.4. The van der Waals surface area contributed by atoms with Gasteiger partial charge in [-0.1, -0.05) is 44.5 Å². The van der Waals surface area contributed by atoms with Gasteiger partial charge < -0.3 is 36.6 Å². The van der Waals surface area contributed by atoms with Crippen LogP contribution in [0.3, 0.4) is 0 Å². The molecule has 0 aromatic heterocycles. The summed E-state index contributed by atoms with van der Waals surface area (Å²) in [6.07, 6.45) is 1.68. The van der Waals surface area contributed by atoms with Crippen molar-refractivity contribution in [3.05, 3.63) is 59.7 Å². The molecule has 11 nitrogen and oxygen atoms in total. The maximum Gasteiger partial charge on any atom is 0.326 e. The lowest BCUT2D eigenvalue weighted by Gasteiger charge is -2.31. The quantitative estimate of drug-likeness (QED) is 0.227. The van der Waals surface area contributed by atoms with Crippen LogP contribution in [0.25, 0.3) is 0 Å². The largest absolute Gasteiger partial charge is 0.508 e. The summed E-state index contributed by atoms with van der Waals surface area (Å²) in [7, 11) is 0. The average Bonchev–Trinajstić information content (AvgIpc) is 3.43. The zero-order valence-corrected chi connectivity index (χ0v) is 22.7. The van der Waals surface area contributed by atoms with Crippen LogP contribution < -0.4 is 16.4 Å². The van der Waals surface area contributed by atoms with Crippen molar-refractivity contribution in [2.45, 2.75) is 70.1 Å². The third kappa shape index (κ3) is 7.95. The minimum absolute atomic E-state index is 0.0470. The molecule has 3 amide bonds. The molecule has 0 radical (unpaired) electrons. The number of likely N-dealkylation sites (tertiary alicyclic amines) is 1. The van der Waals surface area contributed by atoms with Crippen LogP contribution >= 0.6 is 0 Å². The maximum atomic E-state index is 13.6. The Labute approximate surface area is 233 Å². The fourth-order valence-corrected chi connectivity index (χ4v) is 4.74. The standard InChI is InChI=1S/C29H38N4O7/c1-3-17(2)25(28(38)33-14-4-5-24(33)29(39)40)32-27(37)23(16-19-8-12-21(35)13-9-19)31-26(36)22(30)15-18-6-10-20(34)11-7-18/h6-13,17,22-25,34-35H,3-5,14-16,30H2,1-2H3,(H,31,36)(H,32,37)(H,39,40). The summed E-state index contributed by atoms with van der Waals surface area (Å²) in [5, 5.41) is 34.2. The number of nitrogens with one attached hydrogen (secondary N) is 2. The van der Waals surface area contributed by atoms with E-state index in [4.69, 9.17) is 5.73 Å². The Morgan fingerprint density at radius 2 is 1.48 bits per heavy atom. The summed E-state index contributed by atoms with van der Waals surface area (Å²) in [6.45, 7) is 3.96. The van der Waals surface area contributed by atoms with E-state index in [1.54, 1.807) is 31.2 Å². The van der Waals surface area contributed by atoms with Crippen LogP contribution in [-0.4, -0.2) is 74.6 Å². The van der Waals surface area contributed by atoms with E-state index in [9.17, 15) is 34.5 Å². The van der Waals surface area contributed by atoms with Gasteiger partial charge in [0, 0.05) is 13.0 Å². The van der Waals surface area contributed by atoms with E-state index in [1.165, 1.54) is 29.2 Å². The number of hydrogen-bond acceptors (Lipinski definition) is 7. The van der Waals surface area contributed by atoms with Crippen LogP contribution in [0.2, 0.25) is 0 Å². The maximum absolute atomic E-state index is 13.6. The van der Waals surface area contributed by atoms with Gasteiger partial charge in [-0.25, -0.2) is 4.79 Å². The molecular weight excluding hydrogens is 516 g/mol. The number of amides is 3. The van der Waals surface area contributed by atoms with Gasteiger partial charge in [0.05, 0.1) is 6.04 Å². The molecule has 5 atom stereocenters. The Bertz CT molecular complexity index is 1190. The van der Waals surface area contributed by atoms with Crippen molar-refractivity contribution in [3.8, 4) is 11.5 Å². The van der Waals surface area contributed by atoms with E-state index in [-0.39, 0.29) is 30.3 Å². The van der Waals surface area contributed by atoms with Crippen molar-refractivity contribution >= 4 is 23.7 Å². The van der Waals surface area contributed by atoms with Gasteiger partial charge in [0.15, 0.2) is 0 Å². The molecule has 0 spiro atoms. The van der Waals surface area contributed by atoms with Gasteiger partial charge in [0.25, 0.3) is 0 Å². The van der Waals surface area contributed by atoms with E-state index in [2.05, 4.69) is 10.6 Å². The number of carboxylic acids is 1. The topological polar surface area (TPSA) is 182 Å². The molecular formula is C29H38N4O7. The molecule has 2 aromatic rings. The van der Waals surface area contributed by atoms with Crippen molar-refractivity contribution in [1.82, 2.24) is 15.5 Å². The molecule has 2 aromatic carbocycles. The van der Waals surface area contributed by atoms with Gasteiger partial charge in [-0.05, 0) is 60.6 Å². The number of nitrogens with two attached hydrogens (primary N) is 1. The van der Waals surface area contributed by atoms with E-state index in [1.807, 2.05) is 6.92 Å². The van der Waals surface area contributed by atoms with Crippen LogP contribution in [0.4, 0.5) is 0 Å². The second-order valence-electron chi connectivity index (χ2n) is 10.3. The lowest BCUT2D eigenvalue weighted by atomic mass is 9.96. The smallest absolute Gasteiger partial charge is 0.326 e. The number of carbonyl (C=O) groups excluding carboxylic acids is 3. The molecule has 216 valence electrons. The van der Waals surface area contributed by atoms with Crippen molar-refractivity contribution in [2.24, 2.45) is 11.7 Å². The number of aromatic hydroxyl groups is 2. The number of carboxylic acid groups (broad SMARTS) is 1. The van der Waals surface area contributed by atoms with E-state index in [0.717, 1.165) is 5.56 Å². The predicted molar refractivity (Wildman–Crippen MR) is 147 cm³/mol. The number of aliphatic carboxylic acids is 1. The van der Waals surface area contributed by atoms with E-state index >= 15 is 0 Å². The second kappa shape index (κ2) is 13.8. The summed E-state index contributed by atoms with van der Waals surface area (Å²) >= 11 is 0. The van der Waals surface area contributed by atoms with Gasteiger partial charge in [-0.15, -0.1) is 0 Å². The van der Waals surface area contributed by atoms with Gasteiger partial charge in [0.1, 0.15) is 29.6 Å². The van der Waals surface area contributed by atoms with Crippen LogP contribution in [0.5, 0.6) is 11.5 Å². The molecule has 40 heavy (non-hydrogen) atoms. The van der Waals surface area contributed by atoms with Crippen LogP contribution in [0, 0.1) is 5.92 Å². The first-order valence-electron chi connectivity index (χ1n) is 13.5. The Morgan fingerprint density at radius 1 is 0.925 bits per heavy atom. The molecule has 1 saturated heterocycles. The van der Waals surface area contributed by atoms with E-state index in [0.29, 0.717) is 31.4 Å². The highest BCUT2D eigenvalue weighted by molar-refractivity contribution is 5.94. The lowest BCUT2D eigenvalue weighted by Crippen LogP contribution is -2.59. The minimum Gasteiger partial charge on any atom is -0.508 e. The van der Waals surface area contributed by atoms with Gasteiger partial charge in [-0.3, -0.25) is 14.4 Å². The SMILES string of the molecule is CCC(C)C(NC(=O)C(Cc1ccc(O)cc1)NC(=O)C(N)Cc1ccc(O)cc1)C(=O)N1CCCC1C(=O)O. The van der Waals surface area contributed by atoms with Crippen molar-refractivity contribution in [3.63, 3.8) is 0 Å². The van der Waals surface area contributed by atoms with Crippen LogP contribution in [0.1, 0.15) is 44.2 Å². The van der Waals surface area contributed by atoms with Crippen molar-refractivity contribution < 1.29 is 34.5 Å². The highest BCUT2D eigenvalue weighted by Crippen LogP contribution is 2.22. The summed E-state index contributed by atoms with van der Waals surface area (Å²) in [6, 6.07) is 8.43. The monoisotopic (exact) mass is 554 g/mol.